The number of urea groups is 1. The first-order valence-electron chi connectivity index (χ1n) is 7.56. The minimum atomic E-state index is -0.796. The summed E-state index contributed by atoms with van der Waals surface area (Å²) < 4.78 is 0. The standard InChI is InChI=1S/C14H25N3O3/c1-2-17(11-4-5-11)9-8-15-13(20)16-10-14(12(18)19)6-3-7-14/h11H,2-10H2,1H3,(H,18,19)(H2,15,16,20). The third-order valence-electron chi connectivity index (χ3n) is 4.51. The molecule has 0 bridgehead atoms. The smallest absolute Gasteiger partial charge is 0.314 e. The van der Waals surface area contributed by atoms with Crippen molar-refractivity contribution < 1.29 is 14.7 Å². The van der Waals surface area contributed by atoms with E-state index >= 15 is 0 Å². The summed E-state index contributed by atoms with van der Waals surface area (Å²) in [7, 11) is 0. The summed E-state index contributed by atoms with van der Waals surface area (Å²) in [6.07, 6.45) is 4.78. The summed E-state index contributed by atoms with van der Waals surface area (Å²) in [5, 5.41) is 14.7. The number of nitrogens with zero attached hydrogens (tertiary/aromatic N) is 1. The Morgan fingerprint density at radius 3 is 2.45 bits per heavy atom. The van der Waals surface area contributed by atoms with Crippen LogP contribution in [0.4, 0.5) is 4.79 Å². The van der Waals surface area contributed by atoms with Gasteiger partial charge in [0.05, 0.1) is 5.41 Å². The van der Waals surface area contributed by atoms with Crippen molar-refractivity contribution in [3.63, 3.8) is 0 Å². The maximum absolute atomic E-state index is 11.7. The molecule has 0 unspecified atom stereocenters. The zero-order valence-electron chi connectivity index (χ0n) is 12.2. The van der Waals surface area contributed by atoms with Gasteiger partial charge in [-0.2, -0.15) is 0 Å². The number of carboxylic acid groups (broad SMARTS) is 1. The molecule has 3 N–H and O–H groups in total. The number of amides is 2. The van der Waals surface area contributed by atoms with Gasteiger partial charge in [-0.3, -0.25) is 9.69 Å². The molecule has 2 aliphatic carbocycles. The first kappa shape index (κ1) is 15.1. The van der Waals surface area contributed by atoms with Crippen molar-refractivity contribution in [1.82, 2.24) is 15.5 Å². The van der Waals surface area contributed by atoms with Crippen molar-refractivity contribution >= 4 is 12.0 Å². The van der Waals surface area contributed by atoms with Gasteiger partial charge in [0.2, 0.25) is 0 Å². The van der Waals surface area contributed by atoms with Gasteiger partial charge in [-0.1, -0.05) is 13.3 Å². The molecule has 2 aliphatic rings. The van der Waals surface area contributed by atoms with Crippen LogP contribution in [0.3, 0.4) is 0 Å². The predicted octanol–water partition coefficient (Wildman–Crippen LogP) is 1.02. The number of aliphatic carboxylic acids is 1. The zero-order valence-corrected chi connectivity index (χ0v) is 12.2. The van der Waals surface area contributed by atoms with Crippen molar-refractivity contribution in [3.05, 3.63) is 0 Å². The Labute approximate surface area is 119 Å². The highest BCUT2D eigenvalue weighted by Crippen LogP contribution is 2.40. The van der Waals surface area contributed by atoms with Crippen molar-refractivity contribution in [2.24, 2.45) is 5.41 Å². The fourth-order valence-corrected chi connectivity index (χ4v) is 2.73. The molecule has 20 heavy (non-hydrogen) atoms. The van der Waals surface area contributed by atoms with Crippen LogP contribution in [0.5, 0.6) is 0 Å². The molecule has 114 valence electrons. The van der Waals surface area contributed by atoms with Crippen LogP contribution in [0.2, 0.25) is 0 Å². The molecule has 2 fully saturated rings. The molecule has 6 nitrogen and oxygen atoms in total. The second kappa shape index (κ2) is 6.43. The summed E-state index contributed by atoms with van der Waals surface area (Å²) in [5.74, 6) is -0.796. The lowest BCUT2D eigenvalue weighted by Crippen LogP contribution is -2.50. The molecule has 2 saturated carbocycles. The normalized spacial score (nSPS) is 20.3. The van der Waals surface area contributed by atoms with E-state index in [4.69, 9.17) is 5.11 Å². The third-order valence-corrected chi connectivity index (χ3v) is 4.51. The lowest BCUT2D eigenvalue weighted by Gasteiger charge is -2.37. The monoisotopic (exact) mass is 283 g/mol. The van der Waals surface area contributed by atoms with Gasteiger partial charge >= 0.3 is 12.0 Å². The van der Waals surface area contributed by atoms with Crippen LogP contribution in [0, 0.1) is 5.41 Å². The quantitative estimate of drug-likeness (QED) is 0.621. The topological polar surface area (TPSA) is 81.7 Å². The molecular weight excluding hydrogens is 258 g/mol. The van der Waals surface area contributed by atoms with E-state index in [2.05, 4.69) is 22.5 Å². The lowest BCUT2D eigenvalue weighted by molar-refractivity contribution is -0.153. The Kier molecular flexibility index (Phi) is 4.86. The second-order valence-corrected chi connectivity index (χ2v) is 5.91. The molecular formula is C14H25N3O3. The summed E-state index contributed by atoms with van der Waals surface area (Å²) in [5.41, 5.74) is -0.721. The van der Waals surface area contributed by atoms with E-state index in [9.17, 15) is 9.59 Å². The van der Waals surface area contributed by atoms with Gasteiger partial charge in [-0.05, 0) is 32.2 Å². The SMILES string of the molecule is CCN(CCNC(=O)NCC1(C(=O)O)CCC1)C1CC1. The molecule has 0 spiro atoms. The average molecular weight is 283 g/mol. The number of nitrogens with one attached hydrogen (secondary N) is 2. The zero-order chi connectivity index (χ0) is 14.6. The van der Waals surface area contributed by atoms with Crippen LogP contribution < -0.4 is 10.6 Å². The number of carbonyl (C=O) groups excluding carboxylic acids is 1. The molecule has 0 aromatic heterocycles. The van der Waals surface area contributed by atoms with E-state index in [1.165, 1.54) is 12.8 Å². The third kappa shape index (κ3) is 3.62. The number of hydrogen-bond donors (Lipinski definition) is 3. The molecule has 2 rings (SSSR count). The lowest BCUT2D eigenvalue weighted by atomic mass is 9.69. The molecule has 0 heterocycles. The first-order valence-corrected chi connectivity index (χ1v) is 7.56. The van der Waals surface area contributed by atoms with Gasteiger partial charge in [0.25, 0.3) is 0 Å². The van der Waals surface area contributed by atoms with Crippen LogP contribution in [0.1, 0.15) is 39.0 Å². The van der Waals surface area contributed by atoms with Crippen molar-refractivity contribution in [1.29, 1.82) is 0 Å². The molecule has 2 amide bonds. The molecule has 0 aromatic carbocycles. The Bertz CT molecular complexity index is 365. The fourth-order valence-electron chi connectivity index (χ4n) is 2.73. The highest BCUT2D eigenvalue weighted by atomic mass is 16.4. The summed E-state index contributed by atoms with van der Waals surface area (Å²) in [4.78, 5) is 25.2. The van der Waals surface area contributed by atoms with Gasteiger partial charge in [0.1, 0.15) is 0 Å². The molecule has 0 aliphatic heterocycles. The van der Waals surface area contributed by atoms with Crippen LogP contribution in [-0.2, 0) is 4.79 Å². The van der Waals surface area contributed by atoms with Gasteiger partial charge in [-0.15, -0.1) is 0 Å². The Morgan fingerprint density at radius 1 is 1.30 bits per heavy atom. The molecule has 0 atom stereocenters. The highest BCUT2D eigenvalue weighted by molar-refractivity contribution is 5.78. The minimum Gasteiger partial charge on any atom is -0.481 e. The van der Waals surface area contributed by atoms with Gasteiger partial charge in [0, 0.05) is 25.7 Å². The number of rotatable bonds is 8. The number of carbonyl (C=O) groups is 2. The molecule has 6 heteroatoms. The van der Waals surface area contributed by atoms with E-state index < -0.39 is 11.4 Å². The Balaban J connectivity index is 1.61. The van der Waals surface area contributed by atoms with Crippen molar-refractivity contribution in [2.75, 3.05) is 26.2 Å². The largest absolute Gasteiger partial charge is 0.481 e. The van der Waals surface area contributed by atoms with Crippen LogP contribution in [-0.4, -0.2) is 54.2 Å². The van der Waals surface area contributed by atoms with Gasteiger partial charge < -0.3 is 15.7 Å². The van der Waals surface area contributed by atoms with Crippen molar-refractivity contribution in [2.45, 2.75) is 45.1 Å². The minimum absolute atomic E-state index is 0.230. The highest BCUT2D eigenvalue weighted by Gasteiger charge is 2.44. The predicted molar refractivity (Wildman–Crippen MR) is 75.6 cm³/mol. The Morgan fingerprint density at radius 2 is 2.00 bits per heavy atom. The van der Waals surface area contributed by atoms with Gasteiger partial charge in [0.15, 0.2) is 0 Å². The maximum Gasteiger partial charge on any atom is 0.314 e. The Hall–Kier alpha value is -1.30. The van der Waals surface area contributed by atoms with E-state index in [1.807, 2.05) is 0 Å². The number of hydrogen-bond acceptors (Lipinski definition) is 3. The summed E-state index contributed by atoms with van der Waals surface area (Å²) in [6.45, 7) is 4.84. The second-order valence-electron chi connectivity index (χ2n) is 5.91. The first-order chi connectivity index (χ1) is 9.57. The average Bonchev–Trinajstić information content (AvgIpc) is 3.17. The van der Waals surface area contributed by atoms with Crippen LogP contribution >= 0.6 is 0 Å². The molecule has 0 aromatic rings. The van der Waals surface area contributed by atoms with E-state index in [0.717, 1.165) is 19.5 Å². The van der Waals surface area contributed by atoms with E-state index in [0.29, 0.717) is 25.4 Å². The van der Waals surface area contributed by atoms with E-state index in [1.54, 1.807) is 0 Å². The number of carboxylic acids is 1. The van der Waals surface area contributed by atoms with Crippen LogP contribution in [0.15, 0.2) is 0 Å². The molecule has 0 saturated heterocycles. The number of likely N-dealkylation sites (N-methyl/N-ethyl adjacent to an activating group) is 1. The molecule has 0 radical (unpaired) electrons. The maximum atomic E-state index is 11.7. The fraction of sp³-hybridized carbons (Fsp3) is 0.857. The van der Waals surface area contributed by atoms with Crippen LogP contribution in [0.25, 0.3) is 0 Å². The summed E-state index contributed by atoms with van der Waals surface area (Å²) in [6, 6.07) is 0.444. The van der Waals surface area contributed by atoms with Gasteiger partial charge in [-0.25, -0.2) is 4.79 Å². The van der Waals surface area contributed by atoms with E-state index in [-0.39, 0.29) is 12.6 Å². The van der Waals surface area contributed by atoms with Crippen molar-refractivity contribution in [3.8, 4) is 0 Å². The summed E-state index contributed by atoms with van der Waals surface area (Å²) >= 11 is 0.